The maximum atomic E-state index is 10.3. The van der Waals surface area contributed by atoms with Gasteiger partial charge in [-0.1, -0.05) is 32.4 Å². The molecule has 2 aliphatic carbocycles. The van der Waals surface area contributed by atoms with E-state index in [4.69, 9.17) is 0 Å². The third-order valence-corrected chi connectivity index (χ3v) is 6.38. The van der Waals surface area contributed by atoms with E-state index in [-0.39, 0.29) is 38.2 Å². The van der Waals surface area contributed by atoms with Crippen LogP contribution >= 0.6 is 0 Å². The summed E-state index contributed by atoms with van der Waals surface area (Å²) in [6, 6.07) is 16.8. The minimum absolute atomic E-state index is 0. The first-order valence-electron chi connectivity index (χ1n) is 10.3. The van der Waals surface area contributed by atoms with E-state index in [1.54, 1.807) is 6.20 Å². The van der Waals surface area contributed by atoms with E-state index in [0.29, 0.717) is 17.8 Å². The molecule has 3 nitrogen and oxygen atoms in total. The van der Waals surface area contributed by atoms with Crippen molar-refractivity contribution in [1.82, 2.24) is 4.98 Å². The average molecular weight is 559 g/mol. The first kappa shape index (κ1) is 23.2. The average Bonchev–Trinajstić information content (AvgIpc) is 2.86. The molecule has 6 atom stereocenters. The van der Waals surface area contributed by atoms with Gasteiger partial charge in [0.25, 0.3) is 0 Å². The summed E-state index contributed by atoms with van der Waals surface area (Å²) in [6.45, 7) is 4.24. The van der Waals surface area contributed by atoms with Crippen LogP contribution in [0.4, 0.5) is 0 Å². The summed E-state index contributed by atoms with van der Waals surface area (Å²) in [5, 5.41) is 20.5. The molecule has 2 aromatic rings. The van der Waals surface area contributed by atoms with Gasteiger partial charge in [0, 0.05) is 32.2 Å². The molecule has 0 aliphatic heterocycles. The number of rotatable bonds is 1. The van der Waals surface area contributed by atoms with Crippen LogP contribution in [0.25, 0.3) is 11.3 Å². The van der Waals surface area contributed by atoms with Gasteiger partial charge in [0.05, 0.1) is 12.2 Å². The smallest absolute Gasteiger partial charge is 0.0621 e. The Labute approximate surface area is 183 Å². The minimum Gasteiger partial charge on any atom is -0.392 e. The van der Waals surface area contributed by atoms with Gasteiger partial charge < -0.3 is 15.2 Å². The summed E-state index contributed by atoms with van der Waals surface area (Å²) in [6.07, 6.45) is 7.10. The molecule has 0 saturated heterocycles. The van der Waals surface area contributed by atoms with Gasteiger partial charge in [-0.2, -0.15) is 0 Å². The first-order chi connectivity index (χ1) is 13.1. The second-order valence-corrected chi connectivity index (χ2v) is 8.27. The van der Waals surface area contributed by atoms with E-state index in [2.05, 4.69) is 24.9 Å². The molecule has 4 heteroatoms. The maximum Gasteiger partial charge on any atom is 0.0621 e. The zero-order chi connectivity index (χ0) is 19.2. The van der Waals surface area contributed by atoms with E-state index < -0.39 is 0 Å². The van der Waals surface area contributed by atoms with E-state index in [1.807, 2.05) is 42.5 Å². The van der Waals surface area contributed by atoms with Crippen LogP contribution in [0.2, 0.25) is 0 Å². The van der Waals surface area contributed by atoms with Crippen molar-refractivity contribution in [3.63, 3.8) is 0 Å². The summed E-state index contributed by atoms with van der Waals surface area (Å²) >= 11 is 0. The van der Waals surface area contributed by atoms with Gasteiger partial charge in [-0.15, -0.1) is 35.9 Å². The molecule has 28 heavy (non-hydrogen) atoms. The number of pyridine rings is 1. The van der Waals surface area contributed by atoms with Gasteiger partial charge in [-0.25, -0.2) is 0 Å². The number of benzene rings is 1. The number of fused-ring (bicyclic) bond motifs is 1. The second-order valence-electron chi connectivity index (χ2n) is 8.27. The Morgan fingerprint density at radius 3 is 2.25 bits per heavy atom. The van der Waals surface area contributed by atoms with Crippen LogP contribution in [0, 0.1) is 29.7 Å². The van der Waals surface area contributed by atoms with E-state index in [9.17, 15) is 10.2 Å². The maximum absolute atomic E-state index is 10.3. The van der Waals surface area contributed by atoms with Gasteiger partial charge in [0.15, 0.2) is 0 Å². The Morgan fingerprint density at radius 2 is 1.61 bits per heavy atom. The molecule has 1 radical (unpaired) electrons. The number of aliphatic hydroxyl groups excluding tert-OH is 2. The number of hydrogen-bond acceptors (Lipinski definition) is 3. The summed E-state index contributed by atoms with van der Waals surface area (Å²) in [4.78, 5) is 4.22. The van der Waals surface area contributed by atoms with E-state index in [1.165, 1.54) is 19.3 Å². The molecule has 155 valence electrons. The first-order valence-corrected chi connectivity index (χ1v) is 10.3. The molecule has 1 heterocycles. The number of aromatic nitrogens is 1. The molecule has 1 aromatic heterocycles. The van der Waals surface area contributed by atoms with Crippen LogP contribution in [-0.2, 0) is 20.1 Å². The van der Waals surface area contributed by atoms with Crippen molar-refractivity contribution in [1.29, 1.82) is 0 Å². The zero-order valence-electron chi connectivity index (χ0n) is 16.8. The van der Waals surface area contributed by atoms with Crippen molar-refractivity contribution >= 4 is 0 Å². The van der Waals surface area contributed by atoms with Gasteiger partial charge in [-0.05, 0) is 55.2 Å². The molecule has 0 amide bonds. The van der Waals surface area contributed by atoms with Gasteiger partial charge in [0.2, 0.25) is 0 Å². The fourth-order valence-corrected chi connectivity index (χ4v) is 4.64. The third-order valence-electron chi connectivity index (χ3n) is 6.38. The molecule has 1 aromatic carbocycles. The van der Waals surface area contributed by atoms with Gasteiger partial charge in [0.1, 0.15) is 0 Å². The molecule has 4 rings (SSSR count). The SMILES string of the molecule is C[C@@H]1CCC2CCC[C@H](C)C(O)C2C1O.[Ir].[c-]1ccccc1-c1ccccn1. The Balaban J connectivity index is 0.000000198. The van der Waals surface area contributed by atoms with Crippen molar-refractivity contribution in [2.24, 2.45) is 23.7 Å². The van der Waals surface area contributed by atoms with Crippen molar-refractivity contribution in [3.05, 3.63) is 54.7 Å². The third kappa shape index (κ3) is 5.73. The van der Waals surface area contributed by atoms with Crippen LogP contribution in [0.5, 0.6) is 0 Å². The van der Waals surface area contributed by atoms with Crippen molar-refractivity contribution in [2.45, 2.75) is 58.2 Å². The molecule has 0 bridgehead atoms. The molecule has 2 saturated carbocycles. The largest absolute Gasteiger partial charge is 0.392 e. The van der Waals surface area contributed by atoms with Crippen LogP contribution in [0.3, 0.4) is 0 Å². The Hall–Kier alpha value is -1.06. The Bertz CT molecular complexity index is 640. The molecule has 2 fully saturated rings. The molecule has 2 N–H and O–H groups in total. The van der Waals surface area contributed by atoms with Gasteiger partial charge >= 0.3 is 0 Å². The summed E-state index contributed by atoms with van der Waals surface area (Å²) < 4.78 is 0. The fraction of sp³-hybridized carbons (Fsp3) is 0.542. The Kier molecular flexibility index (Phi) is 9.30. The molecular weight excluding hydrogens is 526 g/mol. The van der Waals surface area contributed by atoms with Crippen molar-refractivity contribution in [2.75, 3.05) is 0 Å². The fourth-order valence-electron chi connectivity index (χ4n) is 4.64. The zero-order valence-corrected chi connectivity index (χ0v) is 19.2. The standard InChI is InChI=1S/C13H24O2.C11H8N.Ir/c1-8-4-3-5-10-7-6-9(2)13(15)11(10)12(8)14;1-2-6-10(7-3-1)11-8-4-5-9-12-11;/h8-15H,3-7H2,1-2H3;1-6,8-9H;/q;-1;/t8-,9+,10?,11?,12?,13?;;/m0../s1. The minimum atomic E-state index is -0.282. The number of hydrogen-bond donors (Lipinski definition) is 2. The van der Waals surface area contributed by atoms with E-state index >= 15 is 0 Å². The predicted molar refractivity (Wildman–Crippen MR) is 109 cm³/mol. The number of nitrogens with zero attached hydrogens (tertiary/aromatic N) is 1. The summed E-state index contributed by atoms with van der Waals surface area (Å²) in [5.41, 5.74) is 2.01. The Morgan fingerprint density at radius 1 is 0.893 bits per heavy atom. The van der Waals surface area contributed by atoms with E-state index in [0.717, 1.165) is 24.1 Å². The number of aliphatic hydroxyl groups is 2. The monoisotopic (exact) mass is 559 g/mol. The van der Waals surface area contributed by atoms with Crippen LogP contribution in [0.15, 0.2) is 48.7 Å². The van der Waals surface area contributed by atoms with Gasteiger partial charge in [-0.3, -0.25) is 0 Å². The van der Waals surface area contributed by atoms with Crippen LogP contribution in [0.1, 0.15) is 46.0 Å². The normalized spacial score (nSPS) is 32.0. The van der Waals surface area contributed by atoms with Crippen molar-refractivity contribution < 1.29 is 30.3 Å². The second kappa shape index (κ2) is 11.2. The van der Waals surface area contributed by atoms with Crippen LogP contribution < -0.4 is 0 Å². The predicted octanol–water partition coefficient (Wildman–Crippen LogP) is 4.74. The summed E-state index contributed by atoms with van der Waals surface area (Å²) in [5.74, 6) is 1.44. The topological polar surface area (TPSA) is 53.4 Å². The quantitative estimate of drug-likeness (QED) is 0.498. The molecule has 0 spiro atoms. The summed E-state index contributed by atoms with van der Waals surface area (Å²) in [7, 11) is 0. The van der Waals surface area contributed by atoms with Crippen LogP contribution in [-0.4, -0.2) is 27.4 Å². The molecular formula is C24H32IrNO2-. The van der Waals surface area contributed by atoms with Crippen molar-refractivity contribution in [3.8, 4) is 11.3 Å². The molecule has 4 unspecified atom stereocenters. The molecule has 2 aliphatic rings.